The number of pyridine rings is 1. The van der Waals surface area contributed by atoms with Crippen LogP contribution in [0.5, 0.6) is 0 Å². The molecule has 0 amide bonds. The third kappa shape index (κ3) is 6.28. The monoisotopic (exact) mass is 955 g/mol. The first-order valence-electron chi connectivity index (χ1n) is 20.4. The second-order valence-corrected chi connectivity index (χ2v) is 15.6. The quantitative estimate of drug-likeness (QED) is 0.152. The molecule has 3 heterocycles. The van der Waals surface area contributed by atoms with E-state index in [1.807, 2.05) is 12.3 Å². The molecule has 4 heteroatoms. The first-order valence-corrected chi connectivity index (χ1v) is 20.4. The molecular formula is C57H36IrN3-. The maximum Gasteiger partial charge on any atom is 0.0562 e. The third-order valence-corrected chi connectivity index (χ3v) is 12.0. The summed E-state index contributed by atoms with van der Waals surface area (Å²) in [5, 5.41) is 7.16. The van der Waals surface area contributed by atoms with E-state index in [2.05, 4.69) is 221 Å². The molecule has 12 rings (SSSR count). The Balaban J connectivity index is 0.00000420. The van der Waals surface area contributed by atoms with E-state index in [1.165, 1.54) is 60.4 Å². The van der Waals surface area contributed by atoms with Gasteiger partial charge in [-0.15, -0.1) is 29.8 Å². The first kappa shape index (κ1) is 36.7. The van der Waals surface area contributed by atoms with Crippen LogP contribution in [0.2, 0.25) is 0 Å². The van der Waals surface area contributed by atoms with Gasteiger partial charge in [-0.2, -0.15) is 0 Å². The van der Waals surface area contributed by atoms with Crippen molar-refractivity contribution >= 4 is 54.4 Å². The average Bonchev–Trinajstić information content (AvgIpc) is 3.82. The Morgan fingerprint density at radius 2 is 0.902 bits per heavy atom. The van der Waals surface area contributed by atoms with Crippen LogP contribution < -0.4 is 0 Å². The second-order valence-electron chi connectivity index (χ2n) is 15.6. The largest absolute Gasteiger partial charge is 0.327 e. The minimum atomic E-state index is 0. The molecule has 0 aliphatic carbocycles. The maximum atomic E-state index is 4.86. The summed E-state index contributed by atoms with van der Waals surface area (Å²) in [4.78, 5) is 4.86. The van der Waals surface area contributed by atoms with Crippen molar-refractivity contribution in [1.82, 2.24) is 14.1 Å². The topological polar surface area (TPSA) is 22.8 Å². The van der Waals surface area contributed by atoms with E-state index < -0.39 is 0 Å². The molecule has 289 valence electrons. The number of aromatic nitrogens is 3. The predicted octanol–water partition coefficient (Wildman–Crippen LogP) is 14.9. The van der Waals surface area contributed by atoms with Gasteiger partial charge < -0.3 is 14.1 Å². The summed E-state index contributed by atoms with van der Waals surface area (Å²) in [6, 6.07) is 80.1. The fraction of sp³-hybridized carbons (Fsp3) is 0. The SMILES string of the molecule is [Ir].[c-]1ccc(-n2c3ccccc3c3cc4c5cc(-c6cc(-c7ccccc7)cc(-c7ccccc7)c6)ccc5n(-c5ccccc5)c4cc32)cc1-c1cc2ccccc2cn1. The molecule has 0 saturated carbocycles. The minimum absolute atomic E-state index is 0. The van der Waals surface area contributed by atoms with Gasteiger partial charge in [0.05, 0.1) is 22.1 Å². The number of nitrogens with zero attached hydrogens (tertiary/aromatic N) is 3. The molecule has 1 radical (unpaired) electrons. The summed E-state index contributed by atoms with van der Waals surface area (Å²) in [7, 11) is 0. The summed E-state index contributed by atoms with van der Waals surface area (Å²) in [6.07, 6.45) is 1.96. The zero-order valence-corrected chi connectivity index (χ0v) is 35.4. The van der Waals surface area contributed by atoms with Crippen LogP contribution in [0.15, 0.2) is 219 Å². The van der Waals surface area contributed by atoms with E-state index in [0.29, 0.717) is 0 Å². The zero-order chi connectivity index (χ0) is 39.6. The molecule has 0 aliphatic heterocycles. The Morgan fingerprint density at radius 1 is 0.344 bits per heavy atom. The van der Waals surface area contributed by atoms with Gasteiger partial charge in [0, 0.05) is 53.5 Å². The molecule has 12 aromatic rings. The normalized spacial score (nSPS) is 11.5. The van der Waals surface area contributed by atoms with Crippen molar-refractivity contribution in [1.29, 1.82) is 0 Å². The van der Waals surface area contributed by atoms with Gasteiger partial charge in [-0.05, 0) is 116 Å². The number of benzene rings is 9. The fourth-order valence-electron chi connectivity index (χ4n) is 9.16. The van der Waals surface area contributed by atoms with Crippen LogP contribution in [-0.4, -0.2) is 14.1 Å². The van der Waals surface area contributed by atoms with Crippen molar-refractivity contribution in [3.8, 4) is 56.0 Å². The molecule has 9 aromatic carbocycles. The second kappa shape index (κ2) is 15.0. The Labute approximate surface area is 367 Å². The van der Waals surface area contributed by atoms with Crippen molar-refractivity contribution in [2.45, 2.75) is 0 Å². The van der Waals surface area contributed by atoms with Gasteiger partial charge in [-0.3, -0.25) is 0 Å². The Morgan fingerprint density at radius 3 is 1.62 bits per heavy atom. The van der Waals surface area contributed by atoms with E-state index in [-0.39, 0.29) is 20.1 Å². The third-order valence-electron chi connectivity index (χ3n) is 12.0. The summed E-state index contributed by atoms with van der Waals surface area (Å²) in [6.45, 7) is 0. The average molecular weight is 955 g/mol. The Bertz CT molecular complexity index is 3530. The molecule has 0 saturated heterocycles. The predicted molar refractivity (Wildman–Crippen MR) is 251 cm³/mol. The van der Waals surface area contributed by atoms with Crippen LogP contribution in [0.4, 0.5) is 0 Å². The van der Waals surface area contributed by atoms with Crippen LogP contribution >= 0.6 is 0 Å². The van der Waals surface area contributed by atoms with Gasteiger partial charge in [0.15, 0.2) is 0 Å². The molecule has 0 bridgehead atoms. The van der Waals surface area contributed by atoms with E-state index in [4.69, 9.17) is 4.98 Å². The van der Waals surface area contributed by atoms with Gasteiger partial charge in [0.1, 0.15) is 0 Å². The minimum Gasteiger partial charge on any atom is -0.327 e. The van der Waals surface area contributed by atoms with Crippen LogP contribution in [-0.2, 0) is 20.1 Å². The van der Waals surface area contributed by atoms with Crippen LogP contribution in [0.3, 0.4) is 0 Å². The Hall–Kier alpha value is -7.36. The number of hydrogen-bond acceptors (Lipinski definition) is 1. The summed E-state index contributed by atoms with van der Waals surface area (Å²) >= 11 is 0. The zero-order valence-electron chi connectivity index (χ0n) is 33.0. The number of fused-ring (bicyclic) bond motifs is 7. The van der Waals surface area contributed by atoms with Crippen molar-refractivity contribution in [2.75, 3.05) is 0 Å². The van der Waals surface area contributed by atoms with Gasteiger partial charge in [-0.1, -0.05) is 133 Å². The van der Waals surface area contributed by atoms with Crippen molar-refractivity contribution in [3.05, 3.63) is 225 Å². The molecule has 0 aliphatic rings. The van der Waals surface area contributed by atoms with Crippen LogP contribution in [0.25, 0.3) is 110 Å². The smallest absolute Gasteiger partial charge is 0.0562 e. The van der Waals surface area contributed by atoms with E-state index in [0.717, 1.165) is 50.0 Å². The van der Waals surface area contributed by atoms with Crippen molar-refractivity contribution < 1.29 is 20.1 Å². The summed E-state index contributed by atoms with van der Waals surface area (Å²) in [5.41, 5.74) is 15.9. The van der Waals surface area contributed by atoms with Crippen molar-refractivity contribution in [3.63, 3.8) is 0 Å². The molecule has 61 heavy (non-hydrogen) atoms. The number of rotatable bonds is 6. The molecule has 0 spiro atoms. The first-order chi connectivity index (χ1) is 29.7. The summed E-state index contributed by atoms with van der Waals surface area (Å²) < 4.78 is 4.83. The van der Waals surface area contributed by atoms with Crippen molar-refractivity contribution in [2.24, 2.45) is 0 Å². The van der Waals surface area contributed by atoms with E-state index in [9.17, 15) is 0 Å². The molecule has 3 aromatic heterocycles. The maximum absolute atomic E-state index is 4.86. The number of para-hydroxylation sites is 2. The standard InChI is InChI=1S/C57H36N3.Ir/c1-4-15-38(16-5-1)44-29-45(39-17-6-2-7-18-39)31-46(30-44)41-27-28-55-50(33-41)52-35-51-49-25-12-13-26-54(49)60(56(51)36-57(52)59(55)47-22-8-3-9-23-47)48-24-14-21-42(32-48)53-34-40-19-10-11-20-43(40)37-58-53;/h1-20,22-37H;/q-1;. The summed E-state index contributed by atoms with van der Waals surface area (Å²) in [5.74, 6) is 0. The van der Waals surface area contributed by atoms with Gasteiger partial charge in [-0.25, -0.2) is 0 Å². The van der Waals surface area contributed by atoms with Gasteiger partial charge in [0.25, 0.3) is 0 Å². The molecular weight excluding hydrogens is 919 g/mol. The molecule has 0 fully saturated rings. The number of hydrogen-bond donors (Lipinski definition) is 0. The Kier molecular flexibility index (Phi) is 9.04. The van der Waals surface area contributed by atoms with E-state index in [1.54, 1.807) is 0 Å². The van der Waals surface area contributed by atoms with Gasteiger partial charge >= 0.3 is 0 Å². The van der Waals surface area contributed by atoms with Gasteiger partial charge in [0.2, 0.25) is 0 Å². The van der Waals surface area contributed by atoms with Crippen LogP contribution in [0, 0.1) is 6.07 Å². The molecule has 0 atom stereocenters. The van der Waals surface area contributed by atoms with E-state index >= 15 is 0 Å². The fourth-order valence-corrected chi connectivity index (χ4v) is 9.16. The molecule has 0 unspecified atom stereocenters. The molecule has 0 N–H and O–H groups in total. The van der Waals surface area contributed by atoms with Crippen LogP contribution in [0.1, 0.15) is 0 Å². The molecule has 3 nitrogen and oxygen atoms in total.